The first kappa shape index (κ1) is 21.7. The summed E-state index contributed by atoms with van der Waals surface area (Å²) in [4.78, 5) is 23.8. The van der Waals surface area contributed by atoms with Crippen LogP contribution in [0.2, 0.25) is 0 Å². The molecular weight excluding hydrogens is 372 g/mol. The van der Waals surface area contributed by atoms with Gasteiger partial charge in [0.15, 0.2) is 18.1 Å². The Balaban J connectivity index is 1.90. The second-order valence-corrected chi connectivity index (χ2v) is 6.63. The number of esters is 1. The minimum atomic E-state index is -3.04. The molecule has 154 valence electrons. The Morgan fingerprint density at radius 2 is 2.04 bits per heavy atom. The molecule has 0 aromatic heterocycles. The zero-order chi connectivity index (χ0) is 20.5. The number of hydrogen-bond donors (Lipinski definition) is 1. The minimum Gasteiger partial charge on any atom is -0.493 e. The van der Waals surface area contributed by atoms with Crippen LogP contribution in [0.25, 0.3) is 6.08 Å². The predicted molar refractivity (Wildman–Crippen MR) is 99.2 cm³/mol. The number of hydrogen-bond acceptors (Lipinski definition) is 5. The maximum absolute atomic E-state index is 12.6. The number of methoxy groups -OCH3 is 1. The van der Waals surface area contributed by atoms with E-state index in [2.05, 4.69) is 17.0 Å². The largest absolute Gasteiger partial charge is 0.493 e. The van der Waals surface area contributed by atoms with Gasteiger partial charge in [-0.1, -0.05) is 31.9 Å². The van der Waals surface area contributed by atoms with E-state index in [9.17, 15) is 18.4 Å². The molecule has 1 aromatic carbocycles. The van der Waals surface area contributed by atoms with Crippen LogP contribution in [0.5, 0.6) is 11.5 Å². The van der Waals surface area contributed by atoms with Gasteiger partial charge in [-0.05, 0) is 30.9 Å². The predicted octanol–water partition coefficient (Wildman–Crippen LogP) is 3.55. The lowest BCUT2D eigenvalue weighted by atomic mass is 9.86. The highest BCUT2D eigenvalue weighted by molar-refractivity contribution is 5.90. The molecule has 0 radical (unpaired) electrons. The minimum absolute atomic E-state index is 0.0985. The van der Waals surface area contributed by atoms with Crippen LogP contribution >= 0.6 is 0 Å². The molecule has 0 aliphatic heterocycles. The van der Waals surface area contributed by atoms with Gasteiger partial charge in [0.2, 0.25) is 0 Å². The molecule has 1 aliphatic rings. The number of halogens is 2. The number of ether oxygens (including phenoxy) is 3. The lowest BCUT2D eigenvalue weighted by Gasteiger charge is -2.29. The fraction of sp³-hybridized carbons (Fsp3) is 0.500. The number of rotatable bonds is 8. The smallest absolute Gasteiger partial charge is 0.387 e. The fourth-order valence-corrected chi connectivity index (χ4v) is 3.16. The second kappa shape index (κ2) is 10.6. The number of alkyl halides is 2. The fourth-order valence-electron chi connectivity index (χ4n) is 3.16. The molecule has 2 rings (SSSR count). The Bertz CT molecular complexity index is 708. The van der Waals surface area contributed by atoms with E-state index in [1.54, 1.807) is 6.07 Å². The van der Waals surface area contributed by atoms with Crippen molar-refractivity contribution < 1.29 is 32.6 Å². The van der Waals surface area contributed by atoms with Crippen LogP contribution in [-0.4, -0.2) is 38.2 Å². The summed E-state index contributed by atoms with van der Waals surface area (Å²) in [5, 5.41) is 2.88. The lowest BCUT2D eigenvalue weighted by Crippen LogP contribution is -2.42. The van der Waals surface area contributed by atoms with Gasteiger partial charge in [0.1, 0.15) is 0 Å². The standard InChI is InChI=1S/C20H25F2NO5/c1-13-6-3-4-8-15(13)23-17(24)12-27-18(25)11-10-14-7-5-9-16(26-2)19(14)28-20(21)22/h5,7,9-11,13,15,20H,3-4,6,8,12H2,1-2H3,(H,23,24)/b11-10+/t13-,15-/m1/s1. The molecule has 0 heterocycles. The SMILES string of the molecule is COc1cccc(/C=C/C(=O)OCC(=O)N[C@@H]2CCCC[C@H]2C)c1OC(F)F. The highest BCUT2D eigenvalue weighted by Gasteiger charge is 2.23. The Labute approximate surface area is 162 Å². The first-order valence-corrected chi connectivity index (χ1v) is 9.16. The number of nitrogens with one attached hydrogen (secondary N) is 1. The summed E-state index contributed by atoms with van der Waals surface area (Å²) in [5.74, 6) is -0.805. The quantitative estimate of drug-likeness (QED) is 0.536. The van der Waals surface area contributed by atoms with Crippen molar-refractivity contribution in [3.63, 3.8) is 0 Å². The van der Waals surface area contributed by atoms with Crippen molar-refractivity contribution in [1.82, 2.24) is 5.32 Å². The van der Waals surface area contributed by atoms with E-state index < -0.39 is 19.2 Å². The molecule has 28 heavy (non-hydrogen) atoms. The van der Waals surface area contributed by atoms with Crippen molar-refractivity contribution in [2.75, 3.05) is 13.7 Å². The van der Waals surface area contributed by atoms with Gasteiger partial charge < -0.3 is 19.5 Å². The van der Waals surface area contributed by atoms with E-state index in [1.807, 2.05) is 0 Å². The maximum atomic E-state index is 12.6. The van der Waals surface area contributed by atoms with Gasteiger partial charge in [-0.3, -0.25) is 4.79 Å². The Hall–Kier alpha value is -2.64. The first-order chi connectivity index (χ1) is 13.4. The van der Waals surface area contributed by atoms with Gasteiger partial charge in [0.05, 0.1) is 7.11 Å². The lowest BCUT2D eigenvalue weighted by molar-refractivity contribution is -0.144. The van der Waals surface area contributed by atoms with Gasteiger partial charge in [0, 0.05) is 17.7 Å². The molecule has 8 heteroatoms. The summed E-state index contributed by atoms with van der Waals surface area (Å²) in [5.41, 5.74) is 0.220. The molecule has 1 aromatic rings. The number of carbonyl (C=O) groups excluding carboxylic acids is 2. The monoisotopic (exact) mass is 397 g/mol. The van der Waals surface area contributed by atoms with Gasteiger partial charge in [-0.25, -0.2) is 4.79 Å². The zero-order valence-corrected chi connectivity index (χ0v) is 16.0. The van der Waals surface area contributed by atoms with E-state index in [4.69, 9.17) is 9.47 Å². The molecular formula is C20H25F2NO5. The summed E-state index contributed by atoms with van der Waals surface area (Å²) >= 11 is 0. The highest BCUT2D eigenvalue weighted by Crippen LogP contribution is 2.33. The van der Waals surface area contributed by atoms with Gasteiger partial charge in [-0.2, -0.15) is 8.78 Å². The van der Waals surface area contributed by atoms with Crippen LogP contribution in [0.4, 0.5) is 8.78 Å². The molecule has 0 saturated heterocycles. The van der Waals surface area contributed by atoms with Gasteiger partial charge in [0.25, 0.3) is 5.91 Å². The molecule has 0 unspecified atom stereocenters. The van der Waals surface area contributed by atoms with Crippen LogP contribution in [0, 0.1) is 5.92 Å². The number of amides is 1. The summed E-state index contributed by atoms with van der Waals surface area (Å²) in [6, 6.07) is 4.62. The Kier molecular flexibility index (Phi) is 8.22. The normalized spacial score (nSPS) is 19.5. The average Bonchev–Trinajstić information content (AvgIpc) is 2.67. The van der Waals surface area contributed by atoms with Crippen LogP contribution < -0.4 is 14.8 Å². The van der Waals surface area contributed by atoms with Crippen molar-refractivity contribution in [3.05, 3.63) is 29.8 Å². The number of benzene rings is 1. The van der Waals surface area contributed by atoms with Crippen molar-refractivity contribution >= 4 is 18.0 Å². The molecule has 1 fully saturated rings. The van der Waals surface area contributed by atoms with Gasteiger partial charge in [-0.15, -0.1) is 0 Å². The average molecular weight is 397 g/mol. The van der Waals surface area contributed by atoms with Crippen molar-refractivity contribution in [1.29, 1.82) is 0 Å². The van der Waals surface area contributed by atoms with Gasteiger partial charge >= 0.3 is 12.6 Å². The molecule has 2 atom stereocenters. The molecule has 1 saturated carbocycles. The topological polar surface area (TPSA) is 73.9 Å². The third kappa shape index (κ3) is 6.51. The third-order valence-corrected chi connectivity index (χ3v) is 4.64. The Morgan fingerprint density at radius 1 is 1.29 bits per heavy atom. The van der Waals surface area contributed by atoms with E-state index >= 15 is 0 Å². The molecule has 6 nitrogen and oxygen atoms in total. The Morgan fingerprint density at radius 3 is 2.71 bits per heavy atom. The number of para-hydroxylation sites is 1. The molecule has 0 bridgehead atoms. The van der Waals surface area contributed by atoms with Crippen molar-refractivity contribution in [2.24, 2.45) is 5.92 Å². The van der Waals surface area contributed by atoms with Crippen molar-refractivity contribution in [2.45, 2.75) is 45.3 Å². The van der Waals surface area contributed by atoms with E-state index in [-0.39, 0.29) is 29.0 Å². The van der Waals surface area contributed by atoms with Crippen molar-refractivity contribution in [3.8, 4) is 11.5 Å². The van der Waals surface area contributed by atoms with Crippen LogP contribution in [0.3, 0.4) is 0 Å². The van der Waals surface area contributed by atoms with E-state index in [0.29, 0.717) is 5.92 Å². The molecule has 1 aliphatic carbocycles. The van der Waals surface area contributed by atoms with Crippen LogP contribution in [0.15, 0.2) is 24.3 Å². The summed E-state index contributed by atoms with van der Waals surface area (Å²) < 4.78 is 39.6. The summed E-state index contributed by atoms with van der Waals surface area (Å²) in [6.07, 6.45) is 6.53. The van der Waals surface area contributed by atoms with Crippen LogP contribution in [0.1, 0.15) is 38.2 Å². The first-order valence-electron chi connectivity index (χ1n) is 9.16. The molecule has 1 N–H and O–H groups in total. The number of carbonyl (C=O) groups is 2. The second-order valence-electron chi connectivity index (χ2n) is 6.63. The maximum Gasteiger partial charge on any atom is 0.387 e. The summed E-state index contributed by atoms with van der Waals surface area (Å²) in [6.45, 7) is -1.35. The highest BCUT2D eigenvalue weighted by atomic mass is 19.3. The van der Waals surface area contributed by atoms with E-state index in [0.717, 1.165) is 31.8 Å². The molecule has 1 amide bonds. The summed E-state index contributed by atoms with van der Waals surface area (Å²) in [7, 11) is 1.32. The van der Waals surface area contributed by atoms with Crippen LogP contribution in [-0.2, 0) is 14.3 Å². The van der Waals surface area contributed by atoms with E-state index in [1.165, 1.54) is 25.3 Å². The molecule has 0 spiro atoms. The zero-order valence-electron chi connectivity index (χ0n) is 16.0. The third-order valence-electron chi connectivity index (χ3n) is 4.64.